The standard InChI is InChI=1S/C9H15NO2/c1-6(2)8-10-5-7(12-8)9(3,4)11/h5-6,11H,1-4H3. The summed E-state index contributed by atoms with van der Waals surface area (Å²) in [6.07, 6.45) is 1.58. The third-order valence-corrected chi connectivity index (χ3v) is 1.62. The molecule has 0 radical (unpaired) electrons. The van der Waals surface area contributed by atoms with Gasteiger partial charge in [-0.1, -0.05) is 13.8 Å². The molecule has 0 aromatic carbocycles. The minimum atomic E-state index is -0.930. The maximum absolute atomic E-state index is 9.55. The predicted octanol–water partition coefficient (Wildman–Crippen LogP) is 2.03. The Morgan fingerprint density at radius 1 is 1.50 bits per heavy atom. The molecule has 1 heterocycles. The summed E-state index contributed by atoms with van der Waals surface area (Å²) >= 11 is 0. The SMILES string of the molecule is CC(C)c1ncc(C(C)(C)O)o1. The second-order valence-corrected chi connectivity index (χ2v) is 3.78. The van der Waals surface area contributed by atoms with Crippen molar-refractivity contribution < 1.29 is 9.52 Å². The highest BCUT2D eigenvalue weighted by molar-refractivity contribution is 5.04. The second kappa shape index (κ2) is 2.90. The average Bonchev–Trinajstić information content (AvgIpc) is 2.30. The lowest BCUT2D eigenvalue weighted by molar-refractivity contribution is 0.0526. The van der Waals surface area contributed by atoms with E-state index in [0.29, 0.717) is 11.7 Å². The summed E-state index contributed by atoms with van der Waals surface area (Å²) in [7, 11) is 0. The number of aromatic nitrogens is 1. The predicted molar refractivity (Wildman–Crippen MR) is 45.8 cm³/mol. The number of oxazole rings is 1. The van der Waals surface area contributed by atoms with Crippen LogP contribution in [0.25, 0.3) is 0 Å². The van der Waals surface area contributed by atoms with Gasteiger partial charge >= 0.3 is 0 Å². The van der Waals surface area contributed by atoms with Crippen LogP contribution in [0.15, 0.2) is 10.6 Å². The highest BCUT2D eigenvalue weighted by atomic mass is 16.4. The third kappa shape index (κ3) is 1.85. The molecule has 1 N–H and O–H groups in total. The topological polar surface area (TPSA) is 46.3 Å². The Labute approximate surface area is 72.4 Å². The number of hydrogen-bond acceptors (Lipinski definition) is 3. The zero-order chi connectivity index (χ0) is 9.35. The molecule has 0 spiro atoms. The summed E-state index contributed by atoms with van der Waals surface area (Å²) in [4.78, 5) is 4.06. The van der Waals surface area contributed by atoms with E-state index in [0.717, 1.165) is 0 Å². The maximum Gasteiger partial charge on any atom is 0.197 e. The molecule has 0 aliphatic heterocycles. The van der Waals surface area contributed by atoms with Gasteiger partial charge in [-0.05, 0) is 13.8 Å². The fourth-order valence-electron chi connectivity index (χ4n) is 0.837. The van der Waals surface area contributed by atoms with Crippen LogP contribution in [0.5, 0.6) is 0 Å². The van der Waals surface area contributed by atoms with Crippen molar-refractivity contribution in [2.45, 2.75) is 39.2 Å². The highest BCUT2D eigenvalue weighted by Gasteiger charge is 2.21. The monoisotopic (exact) mass is 169 g/mol. The van der Waals surface area contributed by atoms with Crippen molar-refractivity contribution in [1.82, 2.24) is 4.98 Å². The van der Waals surface area contributed by atoms with Crippen LogP contribution >= 0.6 is 0 Å². The Bertz CT molecular complexity index is 258. The molecule has 1 aromatic heterocycles. The van der Waals surface area contributed by atoms with E-state index >= 15 is 0 Å². The molecular formula is C9H15NO2. The zero-order valence-corrected chi connectivity index (χ0v) is 7.96. The van der Waals surface area contributed by atoms with Gasteiger partial charge in [-0.25, -0.2) is 4.98 Å². The van der Waals surface area contributed by atoms with Gasteiger partial charge in [0.1, 0.15) is 5.60 Å². The highest BCUT2D eigenvalue weighted by Crippen LogP contribution is 2.23. The summed E-state index contributed by atoms with van der Waals surface area (Å²) < 4.78 is 5.35. The fourth-order valence-corrected chi connectivity index (χ4v) is 0.837. The van der Waals surface area contributed by atoms with E-state index in [1.165, 1.54) is 0 Å². The van der Waals surface area contributed by atoms with Gasteiger partial charge in [0.25, 0.3) is 0 Å². The lowest BCUT2D eigenvalue weighted by Crippen LogP contribution is -2.13. The normalized spacial score (nSPS) is 12.5. The van der Waals surface area contributed by atoms with Crippen LogP contribution in [0.2, 0.25) is 0 Å². The van der Waals surface area contributed by atoms with Crippen molar-refractivity contribution >= 4 is 0 Å². The molecule has 0 fully saturated rings. The van der Waals surface area contributed by atoms with Crippen molar-refractivity contribution in [3.63, 3.8) is 0 Å². The Morgan fingerprint density at radius 2 is 2.08 bits per heavy atom. The second-order valence-electron chi connectivity index (χ2n) is 3.78. The largest absolute Gasteiger partial charge is 0.442 e. The Balaban J connectivity index is 2.92. The van der Waals surface area contributed by atoms with Crippen LogP contribution in [-0.2, 0) is 5.60 Å². The van der Waals surface area contributed by atoms with E-state index in [1.807, 2.05) is 13.8 Å². The van der Waals surface area contributed by atoms with E-state index in [4.69, 9.17) is 4.42 Å². The summed E-state index contributed by atoms with van der Waals surface area (Å²) in [5.41, 5.74) is -0.930. The van der Waals surface area contributed by atoms with Crippen molar-refractivity contribution in [2.75, 3.05) is 0 Å². The van der Waals surface area contributed by atoms with Crippen LogP contribution < -0.4 is 0 Å². The van der Waals surface area contributed by atoms with E-state index in [9.17, 15) is 5.11 Å². The Hall–Kier alpha value is -0.830. The zero-order valence-electron chi connectivity index (χ0n) is 7.96. The number of aliphatic hydroxyl groups is 1. The van der Waals surface area contributed by atoms with Gasteiger partial charge in [0.15, 0.2) is 11.7 Å². The Kier molecular flexibility index (Phi) is 2.24. The molecule has 0 saturated carbocycles. The smallest absolute Gasteiger partial charge is 0.197 e. The van der Waals surface area contributed by atoms with Crippen LogP contribution in [0.3, 0.4) is 0 Å². The average molecular weight is 169 g/mol. The van der Waals surface area contributed by atoms with Crippen LogP contribution in [0.1, 0.15) is 45.3 Å². The Morgan fingerprint density at radius 3 is 2.33 bits per heavy atom. The molecule has 3 heteroatoms. The van der Waals surface area contributed by atoms with Gasteiger partial charge in [0, 0.05) is 5.92 Å². The quantitative estimate of drug-likeness (QED) is 0.736. The van der Waals surface area contributed by atoms with Crippen molar-refractivity contribution in [3.05, 3.63) is 17.8 Å². The summed E-state index contributed by atoms with van der Waals surface area (Å²) in [5.74, 6) is 1.46. The molecule has 0 bridgehead atoms. The summed E-state index contributed by atoms with van der Waals surface area (Å²) in [6.45, 7) is 7.36. The van der Waals surface area contributed by atoms with E-state index in [-0.39, 0.29) is 5.92 Å². The number of hydrogen-bond donors (Lipinski definition) is 1. The molecule has 68 valence electrons. The van der Waals surface area contributed by atoms with Crippen molar-refractivity contribution in [3.8, 4) is 0 Å². The molecule has 1 aromatic rings. The van der Waals surface area contributed by atoms with Crippen molar-refractivity contribution in [1.29, 1.82) is 0 Å². The first-order chi connectivity index (χ1) is 5.41. The van der Waals surface area contributed by atoms with E-state index in [1.54, 1.807) is 20.0 Å². The third-order valence-electron chi connectivity index (χ3n) is 1.62. The van der Waals surface area contributed by atoms with Crippen LogP contribution in [0, 0.1) is 0 Å². The van der Waals surface area contributed by atoms with Crippen LogP contribution in [-0.4, -0.2) is 10.1 Å². The van der Waals surface area contributed by atoms with Gasteiger partial charge < -0.3 is 9.52 Å². The molecule has 3 nitrogen and oxygen atoms in total. The first-order valence-electron chi connectivity index (χ1n) is 4.10. The summed E-state index contributed by atoms with van der Waals surface area (Å²) in [6, 6.07) is 0. The number of nitrogens with zero attached hydrogens (tertiary/aromatic N) is 1. The molecule has 1 rings (SSSR count). The molecule has 0 saturated heterocycles. The molecule has 0 atom stereocenters. The van der Waals surface area contributed by atoms with Gasteiger partial charge in [-0.2, -0.15) is 0 Å². The van der Waals surface area contributed by atoms with E-state index in [2.05, 4.69) is 4.98 Å². The minimum Gasteiger partial charge on any atom is -0.442 e. The van der Waals surface area contributed by atoms with Crippen LogP contribution in [0.4, 0.5) is 0 Å². The first-order valence-corrected chi connectivity index (χ1v) is 4.10. The fraction of sp³-hybridized carbons (Fsp3) is 0.667. The van der Waals surface area contributed by atoms with Crippen molar-refractivity contribution in [2.24, 2.45) is 0 Å². The lowest BCUT2D eigenvalue weighted by Gasteiger charge is -2.12. The van der Waals surface area contributed by atoms with Gasteiger partial charge in [0.05, 0.1) is 6.20 Å². The van der Waals surface area contributed by atoms with Gasteiger partial charge in [0.2, 0.25) is 0 Å². The number of rotatable bonds is 2. The molecule has 0 unspecified atom stereocenters. The first kappa shape index (κ1) is 9.26. The van der Waals surface area contributed by atoms with Gasteiger partial charge in [-0.3, -0.25) is 0 Å². The van der Waals surface area contributed by atoms with E-state index < -0.39 is 5.60 Å². The molecule has 0 aliphatic carbocycles. The maximum atomic E-state index is 9.55. The summed E-state index contributed by atoms with van der Waals surface area (Å²) in [5, 5.41) is 9.55. The molecule has 0 amide bonds. The minimum absolute atomic E-state index is 0.265. The molecular weight excluding hydrogens is 154 g/mol. The van der Waals surface area contributed by atoms with Gasteiger partial charge in [-0.15, -0.1) is 0 Å². The molecule has 12 heavy (non-hydrogen) atoms. The molecule has 0 aliphatic rings. The lowest BCUT2D eigenvalue weighted by atomic mass is 10.1.